The average Bonchev–Trinajstić information content (AvgIpc) is 2.88. The highest BCUT2D eigenvalue weighted by molar-refractivity contribution is 5.99. The van der Waals surface area contributed by atoms with Gasteiger partial charge in [-0.05, 0) is 37.0 Å². The van der Waals surface area contributed by atoms with Crippen LogP contribution in [0, 0.1) is 0 Å². The molecule has 2 aromatic rings. The third-order valence-corrected chi connectivity index (χ3v) is 3.55. The van der Waals surface area contributed by atoms with Gasteiger partial charge in [0.05, 0.1) is 23.5 Å². The monoisotopic (exact) mass is 256 g/mol. The van der Waals surface area contributed by atoms with Crippen LogP contribution in [-0.4, -0.2) is 16.1 Å². The SMILES string of the molecule is Nc1ccccc1C(=O)NC1CCCc2cn[nH]c21. The number of aromatic amines is 1. The fourth-order valence-corrected chi connectivity index (χ4v) is 2.55. The number of nitrogens with zero attached hydrogens (tertiary/aromatic N) is 1. The molecule has 1 amide bonds. The molecule has 4 N–H and O–H groups in total. The molecule has 0 saturated heterocycles. The van der Waals surface area contributed by atoms with Crippen molar-refractivity contribution in [2.45, 2.75) is 25.3 Å². The Morgan fingerprint density at radius 2 is 2.26 bits per heavy atom. The summed E-state index contributed by atoms with van der Waals surface area (Å²) in [5.41, 5.74) is 9.06. The zero-order valence-corrected chi connectivity index (χ0v) is 10.5. The Bertz CT molecular complexity index is 605. The minimum atomic E-state index is -0.134. The van der Waals surface area contributed by atoms with E-state index in [9.17, 15) is 4.79 Å². The maximum atomic E-state index is 12.2. The van der Waals surface area contributed by atoms with Crippen molar-refractivity contribution in [3.63, 3.8) is 0 Å². The molecule has 1 aromatic carbocycles. The van der Waals surface area contributed by atoms with E-state index < -0.39 is 0 Å². The molecule has 1 aromatic heterocycles. The van der Waals surface area contributed by atoms with Crippen LogP contribution in [0.1, 0.15) is 40.5 Å². The molecule has 0 saturated carbocycles. The molecule has 1 atom stereocenters. The number of rotatable bonds is 2. The van der Waals surface area contributed by atoms with Crippen LogP contribution in [0.3, 0.4) is 0 Å². The van der Waals surface area contributed by atoms with Crippen molar-refractivity contribution in [2.75, 3.05) is 5.73 Å². The van der Waals surface area contributed by atoms with E-state index in [0.717, 1.165) is 25.0 Å². The second-order valence-corrected chi connectivity index (χ2v) is 4.81. The lowest BCUT2D eigenvalue weighted by atomic mass is 9.93. The van der Waals surface area contributed by atoms with E-state index in [0.29, 0.717) is 11.3 Å². The lowest BCUT2D eigenvalue weighted by Crippen LogP contribution is -2.31. The zero-order valence-electron chi connectivity index (χ0n) is 10.5. The standard InChI is InChI=1S/C14H16N4O/c15-11-6-2-1-5-10(11)14(19)17-12-7-3-4-9-8-16-18-13(9)12/h1-2,5-6,8,12H,3-4,7,15H2,(H,16,18)(H,17,19). The summed E-state index contributed by atoms with van der Waals surface area (Å²) >= 11 is 0. The van der Waals surface area contributed by atoms with Crippen LogP contribution < -0.4 is 11.1 Å². The van der Waals surface area contributed by atoms with E-state index in [4.69, 9.17) is 5.73 Å². The van der Waals surface area contributed by atoms with Crippen LogP contribution in [-0.2, 0) is 6.42 Å². The van der Waals surface area contributed by atoms with Gasteiger partial charge in [-0.2, -0.15) is 5.10 Å². The molecule has 5 heteroatoms. The number of benzene rings is 1. The highest BCUT2D eigenvalue weighted by atomic mass is 16.1. The van der Waals surface area contributed by atoms with E-state index >= 15 is 0 Å². The van der Waals surface area contributed by atoms with Crippen molar-refractivity contribution in [2.24, 2.45) is 0 Å². The summed E-state index contributed by atoms with van der Waals surface area (Å²) in [6.45, 7) is 0. The summed E-state index contributed by atoms with van der Waals surface area (Å²) in [5.74, 6) is -0.134. The van der Waals surface area contributed by atoms with E-state index in [2.05, 4.69) is 15.5 Å². The highest BCUT2D eigenvalue weighted by Gasteiger charge is 2.24. The molecular weight excluding hydrogens is 240 g/mol. The summed E-state index contributed by atoms with van der Waals surface area (Å²) in [6.07, 6.45) is 4.84. The Labute approximate surface area is 111 Å². The van der Waals surface area contributed by atoms with Gasteiger partial charge in [-0.25, -0.2) is 0 Å². The molecule has 98 valence electrons. The first-order valence-corrected chi connectivity index (χ1v) is 6.43. The maximum absolute atomic E-state index is 12.2. The Balaban J connectivity index is 1.80. The normalized spacial score (nSPS) is 17.8. The number of para-hydroxylation sites is 1. The van der Waals surface area contributed by atoms with Crippen LogP contribution in [0.2, 0.25) is 0 Å². The lowest BCUT2D eigenvalue weighted by molar-refractivity contribution is 0.0932. The highest BCUT2D eigenvalue weighted by Crippen LogP contribution is 2.28. The summed E-state index contributed by atoms with van der Waals surface area (Å²) in [6, 6.07) is 7.10. The summed E-state index contributed by atoms with van der Waals surface area (Å²) in [7, 11) is 0. The van der Waals surface area contributed by atoms with Gasteiger partial charge >= 0.3 is 0 Å². The van der Waals surface area contributed by atoms with Gasteiger partial charge in [0.15, 0.2) is 0 Å². The molecule has 0 bridgehead atoms. The summed E-state index contributed by atoms with van der Waals surface area (Å²) in [4.78, 5) is 12.2. The number of hydrogen-bond acceptors (Lipinski definition) is 3. The minimum absolute atomic E-state index is 0.00152. The van der Waals surface area contributed by atoms with Crippen molar-refractivity contribution in [3.8, 4) is 0 Å². The van der Waals surface area contributed by atoms with Crippen molar-refractivity contribution < 1.29 is 4.79 Å². The van der Waals surface area contributed by atoms with Gasteiger partial charge < -0.3 is 11.1 Å². The molecule has 1 aliphatic carbocycles. The van der Waals surface area contributed by atoms with Crippen LogP contribution in [0.25, 0.3) is 0 Å². The smallest absolute Gasteiger partial charge is 0.253 e. The van der Waals surface area contributed by atoms with Crippen LogP contribution >= 0.6 is 0 Å². The van der Waals surface area contributed by atoms with E-state index in [1.54, 1.807) is 12.1 Å². The van der Waals surface area contributed by atoms with E-state index in [1.807, 2.05) is 18.3 Å². The Morgan fingerprint density at radius 3 is 3.11 bits per heavy atom. The van der Waals surface area contributed by atoms with Gasteiger partial charge in [0.2, 0.25) is 0 Å². The molecule has 1 aliphatic rings. The van der Waals surface area contributed by atoms with Crippen LogP contribution in [0.15, 0.2) is 30.5 Å². The number of carbonyl (C=O) groups excluding carboxylic acids is 1. The average molecular weight is 256 g/mol. The molecule has 5 nitrogen and oxygen atoms in total. The Morgan fingerprint density at radius 1 is 1.42 bits per heavy atom. The summed E-state index contributed by atoms with van der Waals surface area (Å²) < 4.78 is 0. The molecule has 3 rings (SSSR count). The van der Waals surface area contributed by atoms with Crippen molar-refractivity contribution in [1.82, 2.24) is 15.5 Å². The number of fused-ring (bicyclic) bond motifs is 1. The van der Waals surface area contributed by atoms with Gasteiger partial charge in [-0.3, -0.25) is 9.89 Å². The number of nitrogens with two attached hydrogens (primary N) is 1. The molecule has 19 heavy (non-hydrogen) atoms. The number of aromatic nitrogens is 2. The van der Waals surface area contributed by atoms with Gasteiger partial charge in [0, 0.05) is 5.69 Å². The third kappa shape index (κ3) is 2.19. The first kappa shape index (κ1) is 11.8. The van der Waals surface area contributed by atoms with Gasteiger partial charge in [0.25, 0.3) is 5.91 Å². The van der Waals surface area contributed by atoms with E-state index in [1.165, 1.54) is 5.56 Å². The number of hydrogen-bond donors (Lipinski definition) is 3. The molecule has 0 spiro atoms. The number of carbonyl (C=O) groups is 1. The fourth-order valence-electron chi connectivity index (χ4n) is 2.55. The van der Waals surface area contributed by atoms with Gasteiger partial charge in [-0.1, -0.05) is 12.1 Å². The van der Waals surface area contributed by atoms with Crippen LogP contribution in [0.5, 0.6) is 0 Å². The minimum Gasteiger partial charge on any atom is -0.398 e. The van der Waals surface area contributed by atoms with Gasteiger partial charge in [0.1, 0.15) is 0 Å². The number of nitrogens with one attached hydrogen (secondary N) is 2. The predicted octanol–water partition coefficient (Wildman–Crippen LogP) is 1.80. The molecule has 0 aliphatic heterocycles. The van der Waals surface area contributed by atoms with Crippen molar-refractivity contribution in [1.29, 1.82) is 0 Å². The number of nitrogen functional groups attached to an aromatic ring is 1. The van der Waals surface area contributed by atoms with Crippen molar-refractivity contribution in [3.05, 3.63) is 47.3 Å². The fraction of sp³-hybridized carbons (Fsp3) is 0.286. The largest absolute Gasteiger partial charge is 0.398 e. The zero-order chi connectivity index (χ0) is 13.2. The topological polar surface area (TPSA) is 83.8 Å². The first-order valence-electron chi connectivity index (χ1n) is 6.43. The Hall–Kier alpha value is -2.30. The molecule has 0 fully saturated rings. The van der Waals surface area contributed by atoms with Crippen molar-refractivity contribution >= 4 is 11.6 Å². The number of anilines is 1. The number of H-pyrrole nitrogens is 1. The molecule has 1 unspecified atom stereocenters. The summed E-state index contributed by atoms with van der Waals surface area (Å²) in [5, 5.41) is 10.1. The molecule has 1 heterocycles. The quantitative estimate of drug-likeness (QED) is 0.716. The number of aryl methyl sites for hydroxylation is 1. The van der Waals surface area contributed by atoms with E-state index in [-0.39, 0.29) is 11.9 Å². The second kappa shape index (κ2) is 4.76. The first-order chi connectivity index (χ1) is 9.25. The predicted molar refractivity (Wildman–Crippen MR) is 72.6 cm³/mol. The maximum Gasteiger partial charge on any atom is 0.253 e. The molecular formula is C14H16N4O. The van der Waals surface area contributed by atoms with Crippen LogP contribution in [0.4, 0.5) is 5.69 Å². The Kier molecular flexibility index (Phi) is 2.95. The third-order valence-electron chi connectivity index (χ3n) is 3.55. The molecule has 0 radical (unpaired) electrons. The number of amides is 1. The lowest BCUT2D eigenvalue weighted by Gasteiger charge is -2.23. The van der Waals surface area contributed by atoms with Gasteiger partial charge in [-0.15, -0.1) is 0 Å². The second-order valence-electron chi connectivity index (χ2n) is 4.81.